The lowest BCUT2D eigenvalue weighted by atomic mass is 9.67. The number of para-hydroxylation sites is 1. The maximum absolute atomic E-state index is 6.71. The van der Waals surface area contributed by atoms with Gasteiger partial charge in [-0.25, -0.2) is 0 Å². The monoisotopic (exact) mass is 893 g/mol. The zero-order valence-corrected chi connectivity index (χ0v) is 38.1. The Morgan fingerprint density at radius 2 is 0.786 bits per heavy atom. The van der Waals surface area contributed by atoms with E-state index in [-0.39, 0.29) is 0 Å². The van der Waals surface area contributed by atoms with Crippen molar-refractivity contribution in [2.45, 2.75) is 5.41 Å². The van der Waals surface area contributed by atoms with Crippen LogP contribution in [-0.4, -0.2) is 0 Å². The fraction of sp³-hybridized carbons (Fsp3) is 0.0149. The van der Waals surface area contributed by atoms with E-state index in [2.05, 4.69) is 254 Å². The predicted octanol–water partition coefficient (Wildman–Crippen LogP) is 18.3. The Kier molecular flexibility index (Phi) is 9.11. The summed E-state index contributed by atoms with van der Waals surface area (Å²) in [6.45, 7) is 0. The molecule has 11 aromatic carbocycles. The van der Waals surface area contributed by atoms with Crippen LogP contribution in [0.2, 0.25) is 0 Å². The summed E-state index contributed by atoms with van der Waals surface area (Å²) in [5.41, 5.74) is 20.4. The van der Waals surface area contributed by atoms with Gasteiger partial charge < -0.3 is 13.7 Å². The Morgan fingerprint density at radius 3 is 1.50 bits per heavy atom. The molecule has 0 spiro atoms. The molecule has 0 saturated heterocycles. The number of furan rings is 2. The summed E-state index contributed by atoms with van der Waals surface area (Å²) >= 11 is 0. The van der Waals surface area contributed by atoms with Gasteiger partial charge in [0.15, 0.2) is 0 Å². The van der Waals surface area contributed by atoms with E-state index in [0.29, 0.717) is 0 Å². The summed E-state index contributed by atoms with van der Waals surface area (Å²) < 4.78 is 12.9. The third-order valence-electron chi connectivity index (χ3n) is 14.6. The van der Waals surface area contributed by atoms with Crippen LogP contribution in [0.1, 0.15) is 22.3 Å². The van der Waals surface area contributed by atoms with Gasteiger partial charge >= 0.3 is 0 Å². The van der Waals surface area contributed by atoms with Crippen LogP contribution in [0.5, 0.6) is 0 Å². The Bertz CT molecular complexity index is 4060. The van der Waals surface area contributed by atoms with Crippen LogP contribution in [0, 0.1) is 0 Å². The van der Waals surface area contributed by atoms with Crippen molar-refractivity contribution in [3.05, 3.63) is 283 Å². The molecule has 14 rings (SSSR count). The molecule has 1 aliphatic rings. The van der Waals surface area contributed by atoms with Crippen LogP contribution in [0.3, 0.4) is 0 Å². The second-order valence-corrected chi connectivity index (χ2v) is 18.4. The Hall–Kier alpha value is -9.18. The molecule has 3 heteroatoms. The summed E-state index contributed by atoms with van der Waals surface area (Å²) in [6, 6.07) is 94.5. The van der Waals surface area contributed by atoms with E-state index < -0.39 is 5.41 Å². The standard InChI is InChI=1S/C67H43NO2/c1-3-15-44(16-4-1)46-29-35-50(36-30-46)67(59-24-10-7-21-54(59)55-22-8-11-25-60(55)67)51-19-13-20-53(43-51)68(52-37-31-47(32-38-52)48-33-39-63-57(41-48)56-23-9-12-27-62(56)69-63)61-26-14-28-65-66(61)58-42-49(34-40-64(58)70-65)45-17-5-2-6-18-45/h1-43H. The van der Waals surface area contributed by atoms with Gasteiger partial charge in [-0.05, 0) is 133 Å². The molecule has 0 radical (unpaired) electrons. The maximum Gasteiger partial charge on any atom is 0.137 e. The molecule has 0 saturated carbocycles. The number of anilines is 3. The topological polar surface area (TPSA) is 29.5 Å². The van der Waals surface area contributed by atoms with Crippen molar-refractivity contribution in [1.29, 1.82) is 0 Å². The largest absolute Gasteiger partial charge is 0.456 e. The molecule has 0 atom stereocenters. The smallest absolute Gasteiger partial charge is 0.137 e. The van der Waals surface area contributed by atoms with Crippen molar-refractivity contribution in [3.63, 3.8) is 0 Å². The van der Waals surface area contributed by atoms with Crippen LogP contribution in [0.15, 0.2) is 270 Å². The van der Waals surface area contributed by atoms with E-state index in [1.807, 2.05) is 12.1 Å². The molecule has 0 amide bonds. The van der Waals surface area contributed by atoms with E-state index >= 15 is 0 Å². The number of rotatable bonds is 8. The third kappa shape index (κ3) is 6.22. The van der Waals surface area contributed by atoms with Gasteiger partial charge in [0, 0.05) is 27.5 Å². The van der Waals surface area contributed by atoms with Crippen LogP contribution in [-0.2, 0) is 5.41 Å². The minimum atomic E-state index is -0.608. The summed E-state index contributed by atoms with van der Waals surface area (Å²) in [4.78, 5) is 2.42. The molecule has 2 heterocycles. The number of hydrogen-bond acceptors (Lipinski definition) is 3. The number of fused-ring (bicyclic) bond motifs is 9. The molecular weight excluding hydrogens is 851 g/mol. The lowest BCUT2D eigenvalue weighted by Gasteiger charge is -2.35. The number of nitrogens with zero attached hydrogens (tertiary/aromatic N) is 1. The van der Waals surface area contributed by atoms with Gasteiger partial charge in [0.1, 0.15) is 22.3 Å². The SMILES string of the molecule is c1ccc(-c2ccc(C3(c4cccc(N(c5ccc(-c6ccc7oc8ccccc8c7c6)cc5)c5cccc6oc7ccc(-c8ccccc8)cc7c56)c4)c4ccccc4-c4ccccc43)cc2)cc1. The second kappa shape index (κ2) is 16.0. The first-order chi connectivity index (χ1) is 34.7. The summed E-state index contributed by atoms with van der Waals surface area (Å²) in [5, 5.41) is 4.36. The van der Waals surface area contributed by atoms with E-state index in [0.717, 1.165) is 83.2 Å². The van der Waals surface area contributed by atoms with Gasteiger partial charge in [0.25, 0.3) is 0 Å². The molecule has 3 nitrogen and oxygen atoms in total. The predicted molar refractivity (Wildman–Crippen MR) is 289 cm³/mol. The molecule has 13 aromatic rings. The van der Waals surface area contributed by atoms with Gasteiger partial charge in [0.2, 0.25) is 0 Å². The molecule has 328 valence electrons. The molecule has 0 unspecified atom stereocenters. The molecule has 2 aromatic heterocycles. The van der Waals surface area contributed by atoms with E-state index in [1.54, 1.807) is 0 Å². The number of benzene rings is 11. The van der Waals surface area contributed by atoms with E-state index in [1.165, 1.54) is 44.5 Å². The minimum Gasteiger partial charge on any atom is -0.456 e. The van der Waals surface area contributed by atoms with Gasteiger partial charge in [0.05, 0.1) is 16.5 Å². The van der Waals surface area contributed by atoms with Crippen LogP contribution < -0.4 is 4.90 Å². The summed E-state index contributed by atoms with van der Waals surface area (Å²) in [5.74, 6) is 0. The van der Waals surface area contributed by atoms with Crippen molar-refractivity contribution in [2.24, 2.45) is 0 Å². The fourth-order valence-corrected chi connectivity index (χ4v) is 11.4. The van der Waals surface area contributed by atoms with Crippen LogP contribution >= 0.6 is 0 Å². The van der Waals surface area contributed by atoms with Crippen LogP contribution in [0.4, 0.5) is 17.1 Å². The maximum atomic E-state index is 6.71. The Morgan fingerprint density at radius 1 is 0.286 bits per heavy atom. The van der Waals surface area contributed by atoms with Crippen molar-refractivity contribution in [3.8, 4) is 44.5 Å². The molecule has 0 aliphatic heterocycles. The molecular formula is C67H43NO2. The van der Waals surface area contributed by atoms with Crippen molar-refractivity contribution < 1.29 is 8.83 Å². The fourth-order valence-electron chi connectivity index (χ4n) is 11.4. The zero-order chi connectivity index (χ0) is 46.2. The lowest BCUT2D eigenvalue weighted by molar-refractivity contribution is 0.668. The summed E-state index contributed by atoms with van der Waals surface area (Å²) in [6.07, 6.45) is 0. The molecule has 1 aliphatic carbocycles. The van der Waals surface area contributed by atoms with Crippen LogP contribution in [0.25, 0.3) is 88.4 Å². The van der Waals surface area contributed by atoms with E-state index in [9.17, 15) is 0 Å². The molecule has 0 N–H and O–H groups in total. The van der Waals surface area contributed by atoms with Crippen molar-refractivity contribution in [1.82, 2.24) is 0 Å². The second-order valence-electron chi connectivity index (χ2n) is 18.4. The molecule has 70 heavy (non-hydrogen) atoms. The first-order valence-corrected chi connectivity index (χ1v) is 24.0. The quantitative estimate of drug-likeness (QED) is 0.152. The highest BCUT2D eigenvalue weighted by molar-refractivity contribution is 6.14. The van der Waals surface area contributed by atoms with Crippen molar-refractivity contribution >= 4 is 60.9 Å². The first-order valence-electron chi connectivity index (χ1n) is 24.0. The lowest BCUT2D eigenvalue weighted by Crippen LogP contribution is -2.29. The normalized spacial score (nSPS) is 12.7. The molecule has 0 fully saturated rings. The average Bonchev–Trinajstić information content (AvgIpc) is 4.10. The number of hydrogen-bond donors (Lipinski definition) is 0. The highest BCUT2D eigenvalue weighted by Crippen LogP contribution is 2.57. The third-order valence-corrected chi connectivity index (χ3v) is 14.6. The Balaban J connectivity index is 0.985. The average molecular weight is 894 g/mol. The first kappa shape index (κ1) is 39.9. The van der Waals surface area contributed by atoms with Gasteiger partial charge in [-0.3, -0.25) is 0 Å². The van der Waals surface area contributed by atoms with Gasteiger partial charge in [-0.1, -0.05) is 194 Å². The minimum absolute atomic E-state index is 0.608. The van der Waals surface area contributed by atoms with Gasteiger partial charge in [-0.2, -0.15) is 0 Å². The Labute approximate surface area is 405 Å². The molecule has 0 bridgehead atoms. The van der Waals surface area contributed by atoms with E-state index in [4.69, 9.17) is 8.83 Å². The highest BCUT2D eigenvalue weighted by atomic mass is 16.3. The van der Waals surface area contributed by atoms with Crippen molar-refractivity contribution in [2.75, 3.05) is 4.90 Å². The highest BCUT2D eigenvalue weighted by Gasteiger charge is 2.46. The zero-order valence-electron chi connectivity index (χ0n) is 38.1. The summed E-state index contributed by atoms with van der Waals surface area (Å²) in [7, 11) is 0. The van der Waals surface area contributed by atoms with Gasteiger partial charge in [-0.15, -0.1) is 0 Å².